The van der Waals surface area contributed by atoms with Gasteiger partial charge in [0.2, 0.25) is 11.8 Å². The van der Waals surface area contributed by atoms with Gasteiger partial charge in [-0.15, -0.1) is 0 Å². The Morgan fingerprint density at radius 2 is 1.67 bits per heavy atom. The first-order valence-corrected chi connectivity index (χ1v) is 5.35. The lowest BCUT2D eigenvalue weighted by atomic mass is 9.92. The molecule has 0 fully saturated rings. The van der Waals surface area contributed by atoms with Crippen molar-refractivity contribution in [2.75, 3.05) is 26.7 Å². The molecular formula is C10H18F3N3O2. The molecule has 0 aromatic carbocycles. The molecule has 8 heteroatoms. The highest BCUT2D eigenvalue weighted by Crippen LogP contribution is 2.13. The molecule has 18 heavy (non-hydrogen) atoms. The van der Waals surface area contributed by atoms with Crippen molar-refractivity contribution in [2.24, 2.45) is 5.41 Å². The molecule has 0 saturated carbocycles. The Morgan fingerprint density at radius 1 is 1.11 bits per heavy atom. The average Bonchev–Trinajstić information content (AvgIpc) is 2.24. The summed E-state index contributed by atoms with van der Waals surface area (Å²) in [6.45, 7) is 1.88. The van der Waals surface area contributed by atoms with E-state index in [0.29, 0.717) is 0 Å². The van der Waals surface area contributed by atoms with E-state index in [0.717, 1.165) is 0 Å². The molecule has 0 radical (unpaired) electrons. The molecule has 3 N–H and O–H groups in total. The molecule has 0 aliphatic carbocycles. The van der Waals surface area contributed by atoms with Gasteiger partial charge in [0.15, 0.2) is 0 Å². The fraction of sp³-hybridized carbons (Fsp3) is 0.800. The average molecular weight is 269 g/mol. The summed E-state index contributed by atoms with van der Waals surface area (Å²) in [6, 6.07) is 0. The molecule has 106 valence electrons. The van der Waals surface area contributed by atoms with E-state index in [4.69, 9.17) is 0 Å². The Labute approximate surface area is 103 Å². The zero-order valence-corrected chi connectivity index (χ0v) is 10.6. The standard InChI is InChI=1S/C10H18F3N3O2/c1-9(2,8(18)14-3)5-15-4-7(17)16-6-10(11,12)13/h15H,4-6H2,1-3H3,(H,14,18)(H,16,17). The molecule has 0 aromatic rings. The highest BCUT2D eigenvalue weighted by molar-refractivity contribution is 5.82. The van der Waals surface area contributed by atoms with Crippen LogP contribution in [0.15, 0.2) is 0 Å². The highest BCUT2D eigenvalue weighted by Gasteiger charge is 2.28. The third-order valence-corrected chi connectivity index (χ3v) is 2.18. The Balaban J connectivity index is 3.91. The van der Waals surface area contributed by atoms with E-state index >= 15 is 0 Å². The number of carbonyl (C=O) groups is 2. The molecular weight excluding hydrogens is 251 g/mol. The van der Waals surface area contributed by atoms with Gasteiger partial charge < -0.3 is 16.0 Å². The summed E-state index contributed by atoms with van der Waals surface area (Å²) >= 11 is 0. The van der Waals surface area contributed by atoms with Gasteiger partial charge in [-0.05, 0) is 13.8 Å². The topological polar surface area (TPSA) is 70.2 Å². The minimum absolute atomic E-state index is 0.187. The van der Waals surface area contributed by atoms with E-state index in [2.05, 4.69) is 10.6 Å². The number of rotatable bonds is 6. The van der Waals surface area contributed by atoms with Gasteiger partial charge in [-0.25, -0.2) is 0 Å². The zero-order chi connectivity index (χ0) is 14.4. The Morgan fingerprint density at radius 3 is 2.11 bits per heavy atom. The fourth-order valence-corrected chi connectivity index (χ4v) is 1.17. The molecule has 2 amide bonds. The first-order valence-electron chi connectivity index (χ1n) is 5.35. The van der Waals surface area contributed by atoms with Gasteiger partial charge in [0.05, 0.1) is 12.0 Å². The van der Waals surface area contributed by atoms with Crippen molar-refractivity contribution in [1.82, 2.24) is 16.0 Å². The van der Waals surface area contributed by atoms with Gasteiger partial charge in [-0.3, -0.25) is 9.59 Å². The van der Waals surface area contributed by atoms with Crippen LogP contribution in [0.5, 0.6) is 0 Å². The molecule has 0 aliphatic rings. The summed E-state index contributed by atoms with van der Waals surface area (Å²) in [5.41, 5.74) is -0.737. The molecule has 0 atom stereocenters. The van der Waals surface area contributed by atoms with E-state index < -0.39 is 24.0 Å². The maximum atomic E-state index is 11.8. The fourth-order valence-electron chi connectivity index (χ4n) is 1.17. The van der Waals surface area contributed by atoms with Crippen molar-refractivity contribution in [1.29, 1.82) is 0 Å². The summed E-state index contributed by atoms with van der Waals surface area (Å²) in [6.07, 6.45) is -4.42. The van der Waals surface area contributed by atoms with Crippen molar-refractivity contribution in [3.8, 4) is 0 Å². The van der Waals surface area contributed by atoms with Gasteiger partial charge in [0.25, 0.3) is 0 Å². The largest absolute Gasteiger partial charge is 0.405 e. The highest BCUT2D eigenvalue weighted by atomic mass is 19.4. The molecule has 0 unspecified atom stereocenters. The van der Waals surface area contributed by atoms with Crippen LogP contribution in [0, 0.1) is 5.41 Å². The Hall–Kier alpha value is -1.31. The molecule has 0 spiro atoms. The van der Waals surface area contributed by atoms with Crippen molar-refractivity contribution in [2.45, 2.75) is 20.0 Å². The van der Waals surface area contributed by atoms with Crippen LogP contribution in [0.3, 0.4) is 0 Å². The van der Waals surface area contributed by atoms with Crippen LogP contribution in [-0.2, 0) is 9.59 Å². The number of nitrogens with one attached hydrogen (secondary N) is 3. The molecule has 0 bridgehead atoms. The Bertz CT molecular complexity index is 303. The van der Waals surface area contributed by atoms with Crippen LogP contribution in [0.1, 0.15) is 13.8 Å². The lowest BCUT2D eigenvalue weighted by molar-refractivity contribution is -0.138. The number of hydrogen-bond acceptors (Lipinski definition) is 3. The van der Waals surface area contributed by atoms with Gasteiger partial charge in [0.1, 0.15) is 6.54 Å². The molecule has 0 saturated heterocycles. The van der Waals surface area contributed by atoms with Gasteiger partial charge in [-0.2, -0.15) is 13.2 Å². The number of carbonyl (C=O) groups excluding carboxylic acids is 2. The van der Waals surface area contributed by atoms with E-state index in [-0.39, 0.29) is 19.0 Å². The Kier molecular flexibility index (Phi) is 6.10. The minimum atomic E-state index is -4.42. The number of hydrogen-bond donors (Lipinski definition) is 3. The summed E-state index contributed by atoms with van der Waals surface area (Å²) in [5.74, 6) is -0.981. The summed E-state index contributed by atoms with van der Waals surface area (Å²) in [7, 11) is 1.49. The minimum Gasteiger partial charge on any atom is -0.359 e. The van der Waals surface area contributed by atoms with Gasteiger partial charge in [0, 0.05) is 13.6 Å². The predicted octanol–water partition coefficient (Wildman–Crippen LogP) is 0.0267. The van der Waals surface area contributed by atoms with Crippen LogP contribution in [0.4, 0.5) is 13.2 Å². The van der Waals surface area contributed by atoms with Crippen molar-refractivity contribution < 1.29 is 22.8 Å². The van der Waals surface area contributed by atoms with Crippen LogP contribution in [0.2, 0.25) is 0 Å². The lowest BCUT2D eigenvalue weighted by Gasteiger charge is -2.22. The molecule has 0 aromatic heterocycles. The second-order valence-electron chi connectivity index (χ2n) is 4.46. The number of halogens is 3. The van der Waals surface area contributed by atoms with Crippen LogP contribution in [0.25, 0.3) is 0 Å². The van der Waals surface area contributed by atoms with Crippen LogP contribution >= 0.6 is 0 Å². The second-order valence-corrected chi connectivity index (χ2v) is 4.46. The van der Waals surface area contributed by atoms with E-state index in [1.54, 1.807) is 19.2 Å². The van der Waals surface area contributed by atoms with Crippen molar-refractivity contribution in [3.05, 3.63) is 0 Å². The maximum Gasteiger partial charge on any atom is 0.405 e. The van der Waals surface area contributed by atoms with E-state index in [9.17, 15) is 22.8 Å². The SMILES string of the molecule is CNC(=O)C(C)(C)CNCC(=O)NCC(F)(F)F. The first kappa shape index (κ1) is 16.7. The monoisotopic (exact) mass is 269 g/mol. The van der Waals surface area contributed by atoms with E-state index in [1.165, 1.54) is 7.05 Å². The normalized spacial score (nSPS) is 12.1. The van der Waals surface area contributed by atoms with Crippen LogP contribution in [-0.4, -0.2) is 44.7 Å². The predicted molar refractivity (Wildman–Crippen MR) is 59.8 cm³/mol. The summed E-state index contributed by atoms with van der Waals surface area (Å²) < 4.78 is 35.4. The third kappa shape index (κ3) is 7.10. The zero-order valence-electron chi connectivity index (χ0n) is 10.6. The quantitative estimate of drug-likeness (QED) is 0.637. The van der Waals surface area contributed by atoms with Gasteiger partial charge >= 0.3 is 6.18 Å². The summed E-state index contributed by atoms with van der Waals surface area (Å²) in [5, 5.41) is 6.82. The smallest absolute Gasteiger partial charge is 0.359 e. The van der Waals surface area contributed by atoms with Crippen molar-refractivity contribution >= 4 is 11.8 Å². The molecule has 5 nitrogen and oxygen atoms in total. The molecule has 0 aliphatic heterocycles. The second kappa shape index (κ2) is 6.58. The van der Waals surface area contributed by atoms with Crippen LogP contribution < -0.4 is 16.0 Å². The number of amides is 2. The summed E-state index contributed by atoms with van der Waals surface area (Å²) in [4.78, 5) is 22.4. The lowest BCUT2D eigenvalue weighted by Crippen LogP contribution is -2.45. The third-order valence-electron chi connectivity index (χ3n) is 2.18. The van der Waals surface area contributed by atoms with Crippen molar-refractivity contribution in [3.63, 3.8) is 0 Å². The maximum absolute atomic E-state index is 11.8. The number of alkyl halides is 3. The van der Waals surface area contributed by atoms with Gasteiger partial charge in [-0.1, -0.05) is 0 Å². The molecule has 0 rings (SSSR count). The molecule has 0 heterocycles. The van der Waals surface area contributed by atoms with E-state index in [1.807, 2.05) is 0 Å². The first-order chi connectivity index (χ1) is 8.08.